The summed E-state index contributed by atoms with van der Waals surface area (Å²) in [6.45, 7) is 1.35. The lowest BCUT2D eigenvalue weighted by Crippen LogP contribution is -2.49. The molecule has 4 nitrogen and oxygen atoms in total. The molecule has 1 aliphatic heterocycles. The summed E-state index contributed by atoms with van der Waals surface area (Å²) in [5.41, 5.74) is 0.683. The first-order valence-corrected chi connectivity index (χ1v) is 7.81. The third-order valence-electron chi connectivity index (χ3n) is 3.90. The second kappa shape index (κ2) is 6.24. The molecule has 20 heavy (non-hydrogen) atoms. The molecule has 1 aromatic rings. The van der Waals surface area contributed by atoms with Crippen molar-refractivity contribution in [2.45, 2.75) is 37.5 Å². The highest BCUT2D eigenvalue weighted by Gasteiger charge is 2.34. The number of hydrogen-bond donors (Lipinski definition) is 1. The Morgan fingerprint density at radius 3 is 2.80 bits per heavy atom. The average Bonchev–Trinajstić information content (AvgIpc) is 2.47. The lowest BCUT2D eigenvalue weighted by molar-refractivity contribution is -0.157. The van der Waals surface area contributed by atoms with Crippen molar-refractivity contribution in [1.29, 1.82) is 0 Å². The molecule has 2 fully saturated rings. The van der Waals surface area contributed by atoms with Crippen molar-refractivity contribution in [2.75, 3.05) is 13.2 Å². The molecule has 1 heterocycles. The number of halogens is 1. The molecule has 3 unspecified atom stereocenters. The highest BCUT2D eigenvalue weighted by Crippen LogP contribution is 2.27. The fourth-order valence-electron chi connectivity index (χ4n) is 2.90. The first-order chi connectivity index (χ1) is 9.72. The van der Waals surface area contributed by atoms with Gasteiger partial charge in [0.1, 0.15) is 0 Å². The summed E-state index contributed by atoms with van der Waals surface area (Å²) in [7, 11) is 0. The van der Waals surface area contributed by atoms with E-state index in [1.807, 2.05) is 24.3 Å². The number of carbonyl (C=O) groups is 1. The quantitative estimate of drug-likeness (QED) is 0.900. The van der Waals surface area contributed by atoms with Gasteiger partial charge in [-0.15, -0.1) is 0 Å². The highest BCUT2D eigenvalue weighted by molar-refractivity contribution is 9.10. The van der Waals surface area contributed by atoms with E-state index in [2.05, 4.69) is 21.2 Å². The molecule has 1 saturated heterocycles. The summed E-state index contributed by atoms with van der Waals surface area (Å²) in [4.78, 5) is 12.2. The minimum Gasteiger partial charge on any atom is -0.373 e. The summed E-state index contributed by atoms with van der Waals surface area (Å²) >= 11 is 3.38. The van der Waals surface area contributed by atoms with Gasteiger partial charge in [0.25, 0.3) is 5.91 Å². The maximum Gasteiger partial charge on any atom is 0.251 e. The second-order valence-corrected chi connectivity index (χ2v) is 6.23. The molecule has 2 aliphatic rings. The normalized spacial score (nSPS) is 29.6. The number of ether oxygens (including phenoxy) is 2. The number of benzene rings is 1. The Kier molecular flexibility index (Phi) is 4.38. The maximum atomic E-state index is 12.2. The predicted octanol–water partition coefficient (Wildman–Crippen LogP) is 2.52. The van der Waals surface area contributed by atoms with Gasteiger partial charge < -0.3 is 14.8 Å². The monoisotopic (exact) mass is 339 g/mol. The zero-order chi connectivity index (χ0) is 13.9. The molecule has 1 saturated carbocycles. The lowest BCUT2D eigenvalue weighted by atomic mass is 9.89. The van der Waals surface area contributed by atoms with Crippen LogP contribution in [-0.2, 0) is 9.47 Å². The van der Waals surface area contributed by atoms with E-state index in [4.69, 9.17) is 9.47 Å². The molecular weight excluding hydrogens is 322 g/mol. The molecule has 1 aliphatic carbocycles. The Bertz CT molecular complexity index is 494. The van der Waals surface area contributed by atoms with E-state index in [0.29, 0.717) is 18.8 Å². The topological polar surface area (TPSA) is 47.6 Å². The summed E-state index contributed by atoms with van der Waals surface area (Å²) in [5, 5.41) is 3.10. The van der Waals surface area contributed by atoms with E-state index < -0.39 is 0 Å². The fraction of sp³-hybridized carbons (Fsp3) is 0.533. The zero-order valence-electron chi connectivity index (χ0n) is 11.2. The first kappa shape index (κ1) is 14.0. The van der Waals surface area contributed by atoms with Crippen molar-refractivity contribution in [3.8, 4) is 0 Å². The van der Waals surface area contributed by atoms with E-state index in [-0.39, 0.29) is 24.2 Å². The van der Waals surface area contributed by atoms with Crippen molar-refractivity contribution < 1.29 is 14.3 Å². The van der Waals surface area contributed by atoms with Crippen LogP contribution >= 0.6 is 15.9 Å². The van der Waals surface area contributed by atoms with E-state index in [0.717, 1.165) is 23.7 Å². The van der Waals surface area contributed by atoms with Gasteiger partial charge in [-0.3, -0.25) is 4.79 Å². The fourth-order valence-corrected chi connectivity index (χ4v) is 3.30. The molecule has 0 radical (unpaired) electrons. The van der Waals surface area contributed by atoms with Crippen molar-refractivity contribution in [3.05, 3.63) is 34.3 Å². The highest BCUT2D eigenvalue weighted by atomic mass is 79.9. The van der Waals surface area contributed by atoms with E-state index in [9.17, 15) is 4.79 Å². The van der Waals surface area contributed by atoms with Crippen LogP contribution in [0, 0.1) is 0 Å². The molecule has 108 valence electrons. The van der Waals surface area contributed by atoms with Gasteiger partial charge in [0.05, 0.1) is 25.4 Å². The average molecular weight is 340 g/mol. The van der Waals surface area contributed by atoms with Crippen LogP contribution in [0.3, 0.4) is 0 Å². The summed E-state index contributed by atoms with van der Waals surface area (Å²) in [6.07, 6.45) is 3.08. The Balaban J connectivity index is 1.59. The van der Waals surface area contributed by atoms with Gasteiger partial charge in [-0.1, -0.05) is 22.0 Å². The SMILES string of the molecule is O=C(NC1CCC2OCCOC2C1)c1cccc(Br)c1. The number of fused-ring (bicyclic) bond motifs is 1. The van der Waals surface area contributed by atoms with Crippen LogP contribution < -0.4 is 5.32 Å². The molecule has 1 aromatic carbocycles. The second-order valence-electron chi connectivity index (χ2n) is 5.31. The van der Waals surface area contributed by atoms with Crippen LogP contribution in [0.5, 0.6) is 0 Å². The number of amides is 1. The third kappa shape index (κ3) is 3.22. The van der Waals surface area contributed by atoms with Gasteiger partial charge in [-0.05, 0) is 37.5 Å². The minimum atomic E-state index is -0.0218. The number of hydrogen-bond acceptors (Lipinski definition) is 3. The van der Waals surface area contributed by atoms with Gasteiger partial charge in [0.15, 0.2) is 0 Å². The van der Waals surface area contributed by atoms with Gasteiger partial charge in [0.2, 0.25) is 0 Å². The van der Waals surface area contributed by atoms with E-state index in [1.54, 1.807) is 0 Å². The van der Waals surface area contributed by atoms with Gasteiger partial charge in [0, 0.05) is 16.1 Å². The van der Waals surface area contributed by atoms with E-state index in [1.165, 1.54) is 0 Å². The van der Waals surface area contributed by atoms with Crippen molar-refractivity contribution in [3.63, 3.8) is 0 Å². The van der Waals surface area contributed by atoms with Crippen molar-refractivity contribution in [1.82, 2.24) is 5.32 Å². The van der Waals surface area contributed by atoms with Crippen molar-refractivity contribution >= 4 is 21.8 Å². The van der Waals surface area contributed by atoms with Crippen LogP contribution in [0.4, 0.5) is 0 Å². The number of nitrogens with one attached hydrogen (secondary N) is 1. The van der Waals surface area contributed by atoms with Crippen LogP contribution in [0.1, 0.15) is 29.6 Å². The third-order valence-corrected chi connectivity index (χ3v) is 4.39. The first-order valence-electron chi connectivity index (χ1n) is 7.02. The van der Waals surface area contributed by atoms with Crippen LogP contribution in [0.15, 0.2) is 28.7 Å². The van der Waals surface area contributed by atoms with Gasteiger partial charge in [-0.2, -0.15) is 0 Å². The number of carbonyl (C=O) groups excluding carboxylic acids is 1. The molecule has 1 N–H and O–H groups in total. The lowest BCUT2D eigenvalue weighted by Gasteiger charge is -2.39. The summed E-state index contributed by atoms with van der Waals surface area (Å²) in [5.74, 6) is -0.0218. The molecule has 0 spiro atoms. The van der Waals surface area contributed by atoms with Crippen LogP contribution in [0.25, 0.3) is 0 Å². The van der Waals surface area contributed by atoms with E-state index >= 15 is 0 Å². The summed E-state index contributed by atoms with van der Waals surface area (Å²) < 4.78 is 12.3. The molecule has 1 amide bonds. The van der Waals surface area contributed by atoms with Crippen molar-refractivity contribution in [2.24, 2.45) is 0 Å². The summed E-state index contributed by atoms with van der Waals surface area (Å²) in [6, 6.07) is 7.61. The molecule has 5 heteroatoms. The molecule has 0 aromatic heterocycles. The Morgan fingerprint density at radius 1 is 1.20 bits per heavy atom. The van der Waals surface area contributed by atoms with Crippen LogP contribution in [-0.4, -0.2) is 37.4 Å². The maximum absolute atomic E-state index is 12.2. The zero-order valence-corrected chi connectivity index (χ0v) is 12.8. The Hall–Kier alpha value is -0.910. The largest absolute Gasteiger partial charge is 0.373 e. The molecule has 3 atom stereocenters. The molecule has 3 rings (SSSR count). The Labute approximate surface area is 127 Å². The minimum absolute atomic E-state index is 0.0218. The standard InChI is InChI=1S/C15H18BrNO3/c16-11-3-1-2-10(8-11)15(18)17-12-4-5-13-14(9-12)20-7-6-19-13/h1-3,8,12-14H,4-7,9H2,(H,17,18). The van der Waals surface area contributed by atoms with Crippen LogP contribution in [0.2, 0.25) is 0 Å². The predicted molar refractivity (Wildman–Crippen MR) is 78.7 cm³/mol. The molecule has 0 bridgehead atoms. The molecular formula is C15H18BrNO3. The van der Waals surface area contributed by atoms with Gasteiger partial charge in [-0.25, -0.2) is 0 Å². The number of rotatable bonds is 2. The smallest absolute Gasteiger partial charge is 0.251 e. The van der Waals surface area contributed by atoms with Gasteiger partial charge >= 0.3 is 0 Å². The Morgan fingerprint density at radius 2 is 2.00 bits per heavy atom.